The molecular weight excluding hydrogens is 398 g/mol. The van der Waals surface area contributed by atoms with Gasteiger partial charge in [0.15, 0.2) is 5.16 Å². The molecule has 0 aliphatic heterocycles. The molecule has 8 heteroatoms. The van der Waals surface area contributed by atoms with Crippen molar-refractivity contribution in [3.05, 3.63) is 34.6 Å². The molecule has 162 valence electrons. The van der Waals surface area contributed by atoms with Crippen LogP contribution in [0.15, 0.2) is 34.2 Å². The number of aromatic nitrogens is 4. The fourth-order valence-electron chi connectivity index (χ4n) is 3.24. The molecule has 1 unspecified atom stereocenters. The van der Waals surface area contributed by atoms with E-state index in [0.29, 0.717) is 41.2 Å². The molecule has 2 aromatic heterocycles. The minimum atomic E-state index is -0.320. The lowest BCUT2D eigenvalue weighted by Gasteiger charge is -2.14. The van der Waals surface area contributed by atoms with E-state index in [1.807, 2.05) is 35.6 Å². The van der Waals surface area contributed by atoms with Gasteiger partial charge in [-0.05, 0) is 43.7 Å². The zero-order chi connectivity index (χ0) is 21.8. The summed E-state index contributed by atoms with van der Waals surface area (Å²) in [5.41, 5.74) is 0.709. The molecule has 0 aliphatic rings. The number of carbonyl (C=O) groups excluding carboxylic acids is 1. The van der Waals surface area contributed by atoms with Crippen molar-refractivity contribution in [1.29, 1.82) is 0 Å². The number of nitrogens with zero attached hydrogens (tertiary/aromatic N) is 4. The van der Waals surface area contributed by atoms with Gasteiger partial charge in [-0.15, -0.1) is 10.2 Å². The molecule has 3 rings (SSSR count). The van der Waals surface area contributed by atoms with Crippen molar-refractivity contribution < 1.29 is 4.79 Å². The summed E-state index contributed by atoms with van der Waals surface area (Å²) < 4.78 is 3.60. The van der Waals surface area contributed by atoms with Crippen LogP contribution in [0.4, 0.5) is 0 Å². The predicted octanol–water partition coefficient (Wildman–Crippen LogP) is 3.73. The topological polar surface area (TPSA) is 81.3 Å². The third-order valence-corrected chi connectivity index (χ3v) is 6.12. The van der Waals surface area contributed by atoms with Crippen molar-refractivity contribution in [1.82, 2.24) is 24.5 Å². The quantitative estimate of drug-likeness (QED) is 0.524. The summed E-state index contributed by atoms with van der Waals surface area (Å²) in [6.07, 6.45) is 1.82. The molecule has 3 aromatic rings. The summed E-state index contributed by atoms with van der Waals surface area (Å²) in [5, 5.41) is 12.6. The Balaban J connectivity index is 1.97. The van der Waals surface area contributed by atoms with E-state index in [9.17, 15) is 9.59 Å². The molecule has 0 spiro atoms. The second-order valence-electron chi connectivity index (χ2n) is 8.51. The normalized spacial score (nSPS) is 12.9. The maximum Gasteiger partial charge on any atom is 0.262 e. The molecule has 1 N–H and O–H groups in total. The Morgan fingerprint density at radius 3 is 2.47 bits per heavy atom. The van der Waals surface area contributed by atoms with Crippen LogP contribution in [0.1, 0.15) is 47.5 Å². The second-order valence-corrected chi connectivity index (χ2v) is 9.82. The summed E-state index contributed by atoms with van der Waals surface area (Å²) >= 11 is 1.36. The van der Waals surface area contributed by atoms with Crippen molar-refractivity contribution in [3.8, 4) is 0 Å². The van der Waals surface area contributed by atoms with Crippen LogP contribution in [0.2, 0.25) is 0 Å². The lowest BCUT2D eigenvalue weighted by molar-refractivity contribution is -0.120. The molecular formula is C22H31N5O2S. The van der Waals surface area contributed by atoms with E-state index in [1.165, 1.54) is 11.8 Å². The van der Waals surface area contributed by atoms with Crippen LogP contribution in [-0.4, -0.2) is 36.9 Å². The Hall–Kier alpha value is -2.35. The highest BCUT2D eigenvalue weighted by molar-refractivity contribution is 8.00. The van der Waals surface area contributed by atoms with Gasteiger partial charge in [-0.3, -0.25) is 18.6 Å². The van der Waals surface area contributed by atoms with Gasteiger partial charge >= 0.3 is 0 Å². The number of para-hydroxylation sites is 1. The fourth-order valence-corrected chi connectivity index (χ4v) is 4.12. The van der Waals surface area contributed by atoms with Gasteiger partial charge in [0, 0.05) is 13.1 Å². The van der Waals surface area contributed by atoms with Gasteiger partial charge in [0.2, 0.25) is 11.7 Å². The molecule has 0 fully saturated rings. The standard InChI is InChI=1S/C22H31N5O2S/c1-14(2)10-12-23-19(28)16(5)30-22-25-24-21-26(13-11-15(3)4)20(29)17-8-6-7-9-18(17)27(21)22/h6-9,14-16H,10-13H2,1-5H3,(H,23,28). The van der Waals surface area contributed by atoms with E-state index in [1.54, 1.807) is 4.57 Å². The van der Waals surface area contributed by atoms with Crippen LogP contribution in [-0.2, 0) is 11.3 Å². The van der Waals surface area contributed by atoms with Crippen molar-refractivity contribution in [2.45, 2.75) is 64.4 Å². The minimum absolute atomic E-state index is 0.0187. The van der Waals surface area contributed by atoms with Crippen LogP contribution in [0.3, 0.4) is 0 Å². The molecule has 1 amide bonds. The molecule has 0 aliphatic carbocycles. The molecule has 30 heavy (non-hydrogen) atoms. The predicted molar refractivity (Wildman–Crippen MR) is 122 cm³/mol. The number of hydrogen-bond donors (Lipinski definition) is 1. The zero-order valence-electron chi connectivity index (χ0n) is 18.4. The highest BCUT2D eigenvalue weighted by Gasteiger charge is 2.21. The molecule has 7 nitrogen and oxygen atoms in total. The lowest BCUT2D eigenvalue weighted by Crippen LogP contribution is -2.32. The third-order valence-electron chi connectivity index (χ3n) is 5.08. The number of benzene rings is 1. The molecule has 2 heterocycles. The number of thioether (sulfide) groups is 1. The Morgan fingerprint density at radius 2 is 1.77 bits per heavy atom. The number of fused-ring (bicyclic) bond motifs is 3. The molecule has 0 saturated carbocycles. The first-order valence-corrected chi connectivity index (χ1v) is 11.5. The Labute approximate surface area is 181 Å². The van der Waals surface area contributed by atoms with E-state index >= 15 is 0 Å². The number of hydrogen-bond acceptors (Lipinski definition) is 5. The van der Waals surface area contributed by atoms with Crippen LogP contribution < -0.4 is 10.9 Å². The molecule has 0 saturated heterocycles. The summed E-state index contributed by atoms with van der Waals surface area (Å²) in [4.78, 5) is 25.6. The lowest BCUT2D eigenvalue weighted by atomic mass is 10.1. The highest BCUT2D eigenvalue weighted by atomic mass is 32.2. The second kappa shape index (κ2) is 9.64. The van der Waals surface area contributed by atoms with Gasteiger partial charge in [-0.25, -0.2) is 0 Å². The SMILES string of the molecule is CC(C)CCNC(=O)C(C)Sc1nnc2n(CCC(C)C)c(=O)c3ccccc3n12. The smallest absolute Gasteiger partial charge is 0.262 e. The summed E-state index contributed by atoms with van der Waals surface area (Å²) in [6.45, 7) is 11.7. The number of rotatable bonds is 9. The Bertz CT molecular complexity index is 1090. The maximum atomic E-state index is 13.1. The number of amides is 1. The first-order chi connectivity index (χ1) is 14.3. The van der Waals surface area contributed by atoms with Gasteiger partial charge in [-0.1, -0.05) is 51.6 Å². The monoisotopic (exact) mass is 429 g/mol. The Kier molecular flexibility index (Phi) is 7.18. The summed E-state index contributed by atoms with van der Waals surface area (Å²) in [6, 6.07) is 7.50. The number of carbonyl (C=O) groups is 1. The van der Waals surface area contributed by atoms with Gasteiger partial charge in [0.25, 0.3) is 5.56 Å². The van der Waals surface area contributed by atoms with Gasteiger partial charge in [0.1, 0.15) is 0 Å². The van der Waals surface area contributed by atoms with Crippen LogP contribution in [0, 0.1) is 11.8 Å². The average Bonchev–Trinajstić information content (AvgIpc) is 3.10. The van der Waals surface area contributed by atoms with Crippen LogP contribution >= 0.6 is 11.8 Å². The fraction of sp³-hybridized carbons (Fsp3) is 0.545. The Morgan fingerprint density at radius 1 is 1.07 bits per heavy atom. The van der Waals surface area contributed by atoms with Gasteiger partial charge in [0.05, 0.1) is 16.2 Å². The average molecular weight is 430 g/mol. The van der Waals surface area contributed by atoms with Crippen LogP contribution in [0.5, 0.6) is 0 Å². The zero-order valence-corrected chi connectivity index (χ0v) is 19.2. The van der Waals surface area contributed by atoms with E-state index in [2.05, 4.69) is 43.2 Å². The van der Waals surface area contributed by atoms with E-state index in [0.717, 1.165) is 18.4 Å². The van der Waals surface area contributed by atoms with E-state index < -0.39 is 0 Å². The number of nitrogens with one attached hydrogen (secondary N) is 1. The largest absolute Gasteiger partial charge is 0.355 e. The van der Waals surface area contributed by atoms with Crippen molar-refractivity contribution in [2.75, 3.05) is 6.54 Å². The first kappa shape index (κ1) is 22.3. The van der Waals surface area contributed by atoms with Gasteiger partial charge < -0.3 is 5.32 Å². The summed E-state index contributed by atoms with van der Waals surface area (Å²) in [5.74, 6) is 1.52. The highest BCUT2D eigenvalue weighted by Crippen LogP contribution is 2.25. The maximum absolute atomic E-state index is 13.1. The van der Waals surface area contributed by atoms with Crippen molar-refractivity contribution in [3.63, 3.8) is 0 Å². The summed E-state index contributed by atoms with van der Waals surface area (Å²) in [7, 11) is 0. The molecule has 0 radical (unpaired) electrons. The van der Waals surface area contributed by atoms with Crippen molar-refractivity contribution >= 4 is 34.3 Å². The molecule has 1 atom stereocenters. The minimum Gasteiger partial charge on any atom is -0.355 e. The first-order valence-electron chi connectivity index (χ1n) is 10.6. The number of aryl methyl sites for hydroxylation is 1. The third kappa shape index (κ3) is 4.86. The molecule has 1 aromatic carbocycles. The molecule has 0 bridgehead atoms. The van der Waals surface area contributed by atoms with Gasteiger partial charge in [-0.2, -0.15) is 0 Å². The van der Waals surface area contributed by atoms with Crippen LogP contribution in [0.25, 0.3) is 16.7 Å². The van der Waals surface area contributed by atoms with Crippen molar-refractivity contribution in [2.24, 2.45) is 11.8 Å². The van der Waals surface area contributed by atoms with E-state index in [4.69, 9.17) is 0 Å². The van der Waals surface area contributed by atoms with E-state index in [-0.39, 0.29) is 16.7 Å².